The van der Waals surface area contributed by atoms with Gasteiger partial charge in [-0.3, -0.25) is 0 Å². The molecule has 0 amide bonds. The highest BCUT2D eigenvalue weighted by Crippen LogP contribution is 2.31. The lowest BCUT2D eigenvalue weighted by atomic mass is 10.0. The first-order valence-corrected chi connectivity index (χ1v) is 12.1. The summed E-state index contributed by atoms with van der Waals surface area (Å²) < 4.78 is 39.2. The molecule has 0 N–H and O–H groups in total. The number of aromatic nitrogens is 1. The van der Waals surface area contributed by atoms with Gasteiger partial charge in [0.2, 0.25) is 27.5 Å². The Morgan fingerprint density at radius 2 is 1.77 bits per heavy atom. The number of nitrogens with zero attached hydrogens (tertiary/aromatic N) is 4. The molecule has 1 aromatic carbocycles. The SMILES string of the molecule is C[C@@H]1CCCN(S(=O)(=O)c2ccc(-c3nc(C#N)c(N4C[C@@H](C)O[C@H](C)C4)o3)cc2)C1. The zero-order chi connectivity index (χ0) is 22.2. The lowest BCUT2D eigenvalue weighted by Crippen LogP contribution is -2.45. The molecule has 2 fully saturated rings. The van der Waals surface area contributed by atoms with Crippen LogP contribution >= 0.6 is 0 Å². The standard InChI is InChI=1S/C22H28N4O4S/c1-15-5-4-10-26(12-15)31(27,28)19-8-6-18(7-9-19)21-24-20(11-23)22(30-21)25-13-16(2)29-17(3)14-25/h6-9,15-17H,4-5,10,12-14H2,1-3H3/t15-,16-,17-/m1/s1. The van der Waals surface area contributed by atoms with Gasteiger partial charge in [0.05, 0.1) is 17.1 Å². The summed E-state index contributed by atoms with van der Waals surface area (Å²) in [4.78, 5) is 6.58. The fraction of sp³-hybridized carbons (Fsp3) is 0.545. The van der Waals surface area contributed by atoms with Crippen LogP contribution in [0.5, 0.6) is 0 Å². The third-order valence-electron chi connectivity index (χ3n) is 5.78. The van der Waals surface area contributed by atoms with Gasteiger partial charge < -0.3 is 14.1 Å². The maximum Gasteiger partial charge on any atom is 0.243 e. The molecule has 2 aromatic rings. The number of anilines is 1. The predicted octanol–water partition coefficient (Wildman–Crippen LogP) is 3.25. The van der Waals surface area contributed by atoms with E-state index in [-0.39, 0.29) is 22.8 Å². The van der Waals surface area contributed by atoms with E-state index in [0.717, 1.165) is 12.8 Å². The molecule has 0 unspecified atom stereocenters. The number of ether oxygens (including phenoxy) is 1. The molecule has 0 saturated carbocycles. The molecule has 0 spiro atoms. The van der Waals surface area contributed by atoms with E-state index >= 15 is 0 Å². The van der Waals surface area contributed by atoms with Crippen LogP contribution in [-0.2, 0) is 14.8 Å². The molecule has 1 aromatic heterocycles. The molecule has 2 aliphatic rings. The van der Waals surface area contributed by atoms with Gasteiger partial charge in [-0.25, -0.2) is 8.42 Å². The number of oxazole rings is 1. The normalized spacial score (nSPS) is 25.4. The van der Waals surface area contributed by atoms with Gasteiger partial charge in [-0.2, -0.15) is 14.6 Å². The molecule has 4 rings (SSSR count). The third kappa shape index (κ3) is 4.47. The fourth-order valence-electron chi connectivity index (χ4n) is 4.35. The third-order valence-corrected chi connectivity index (χ3v) is 7.66. The zero-order valence-electron chi connectivity index (χ0n) is 18.1. The van der Waals surface area contributed by atoms with Gasteiger partial charge in [0.15, 0.2) is 0 Å². The molecule has 8 nitrogen and oxygen atoms in total. The summed E-state index contributed by atoms with van der Waals surface area (Å²) in [6, 6.07) is 8.63. The molecule has 0 aliphatic carbocycles. The van der Waals surface area contributed by atoms with Gasteiger partial charge in [0, 0.05) is 31.7 Å². The van der Waals surface area contributed by atoms with E-state index in [0.29, 0.717) is 49.4 Å². The summed E-state index contributed by atoms with van der Waals surface area (Å²) in [5.74, 6) is 1.09. The smallest absolute Gasteiger partial charge is 0.243 e. The highest BCUT2D eigenvalue weighted by molar-refractivity contribution is 7.89. The number of hydrogen-bond acceptors (Lipinski definition) is 7. The maximum absolute atomic E-state index is 13.0. The van der Waals surface area contributed by atoms with Gasteiger partial charge in [0.1, 0.15) is 6.07 Å². The number of sulfonamides is 1. The van der Waals surface area contributed by atoms with Crippen molar-refractivity contribution in [3.63, 3.8) is 0 Å². The van der Waals surface area contributed by atoms with Crippen molar-refractivity contribution >= 4 is 15.9 Å². The Bertz CT molecular complexity index is 1060. The van der Waals surface area contributed by atoms with E-state index in [2.05, 4.69) is 18.0 Å². The molecule has 3 atom stereocenters. The number of piperidine rings is 1. The summed E-state index contributed by atoms with van der Waals surface area (Å²) in [6.07, 6.45) is 1.98. The van der Waals surface area contributed by atoms with E-state index in [1.165, 1.54) is 0 Å². The quantitative estimate of drug-likeness (QED) is 0.714. The number of benzene rings is 1. The van der Waals surface area contributed by atoms with Crippen LogP contribution in [0.1, 0.15) is 39.3 Å². The van der Waals surface area contributed by atoms with Crippen LogP contribution in [0.4, 0.5) is 5.88 Å². The topological polar surface area (TPSA) is 99.7 Å². The largest absolute Gasteiger partial charge is 0.419 e. The number of hydrogen-bond donors (Lipinski definition) is 0. The van der Waals surface area contributed by atoms with E-state index in [9.17, 15) is 13.7 Å². The highest BCUT2D eigenvalue weighted by Gasteiger charge is 2.30. The molecule has 0 bridgehead atoms. The molecule has 9 heteroatoms. The second-order valence-electron chi connectivity index (χ2n) is 8.58. The van der Waals surface area contributed by atoms with Crippen LogP contribution in [0, 0.1) is 17.2 Å². The van der Waals surface area contributed by atoms with E-state index < -0.39 is 10.0 Å². The van der Waals surface area contributed by atoms with E-state index in [1.807, 2.05) is 18.7 Å². The summed E-state index contributed by atoms with van der Waals surface area (Å²) in [5, 5.41) is 9.54. The minimum Gasteiger partial charge on any atom is -0.419 e. The number of morpholine rings is 1. The highest BCUT2D eigenvalue weighted by atomic mass is 32.2. The van der Waals surface area contributed by atoms with Crippen molar-refractivity contribution in [2.24, 2.45) is 5.92 Å². The Balaban J connectivity index is 1.58. The van der Waals surface area contributed by atoms with Crippen LogP contribution in [0.2, 0.25) is 0 Å². The van der Waals surface area contributed by atoms with Crippen LogP contribution in [0.3, 0.4) is 0 Å². The van der Waals surface area contributed by atoms with Crippen molar-refractivity contribution in [3.8, 4) is 17.5 Å². The van der Waals surface area contributed by atoms with Crippen LogP contribution in [-0.4, -0.2) is 56.1 Å². The van der Waals surface area contributed by atoms with Crippen molar-refractivity contribution in [2.45, 2.75) is 50.7 Å². The summed E-state index contributed by atoms with van der Waals surface area (Å²) in [7, 11) is -3.52. The molecular weight excluding hydrogens is 416 g/mol. The van der Waals surface area contributed by atoms with Crippen molar-refractivity contribution in [1.82, 2.24) is 9.29 Å². The van der Waals surface area contributed by atoms with Crippen molar-refractivity contribution in [1.29, 1.82) is 5.26 Å². The first-order valence-electron chi connectivity index (χ1n) is 10.7. The second kappa shape index (κ2) is 8.61. The van der Waals surface area contributed by atoms with E-state index in [4.69, 9.17) is 9.15 Å². The van der Waals surface area contributed by atoms with Crippen LogP contribution in [0.25, 0.3) is 11.5 Å². The maximum atomic E-state index is 13.0. The van der Waals surface area contributed by atoms with Gasteiger partial charge >= 0.3 is 0 Å². The zero-order valence-corrected chi connectivity index (χ0v) is 18.9. The Morgan fingerprint density at radius 1 is 1.10 bits per heavy atom. The van der Waals surface area contributed by atoms with Crippen molar-refractivity contribution in [2.75, 3.05) is 31.1 Å². The van der Waals surface area contributed by atoms with Crippen LogP contribution < -0.4 is 4.90 Å². The summed E-state index contributed by atoms with van der Waals surface area (Å²) >= 11 is 0. The van der Waals surface area contributed by atoms with Gasteiger partial charge in [-0.15, -0.1) is 0 Å². The monoisotopic (exact) mass is 444 g/mol. The minimum absolute atomic E-state index is 0.0193. The van der Waals surface area contributed by atoms with Crippen molar-refractivity contribution < 1.29 is 17.6 Å². The average molecular weight is 445 g/mol. The van der Waals surface area contributed by atoms with Crippen molar-refractivity contribution in [3.05, 3.63) is 30.0 Å². The Morgan fingerprint density at radius 3 is 2.39 bits per heavy atom. The van der Waals surface area contributed by atoms with Gasteiger partial charge in [-0.1, -0.05) is 6.92 Å². The van der Waals surface area contributed by atoms with Gasteiger partial charge in [-0.05, 0) is 56.9 Å². The lowest BCUT2D eigenvalue weighted by Gasteiger charge is -2.34. The number of nitriles is 1. The molecule has 31 heavy (non-hydrogen) atoms. The second-order valence-corrected chi connectivity index (χ2v) is 10.5. The first kappa shape index (κ1) is 21.8. The van der Waals surface area contributed by atoms with Gasteiger partial charge in [0.25, 0.3) is 0 Å². The van der Waals surface area contributed by atoms with E-state index in [1.54, 1.807) is 28.6 Å². The first-order chi connectivity index (χ1) is 14.8. The van der Waals surface area contributed by atoms with Crippen LogP contribution in [0.15, 0.2) is 33.6 Å². The Hall–Kier alpha value is -2.41. The molecule has 2 saturated heterocycles. The summed E-state index contributed by atoms with van der Waals surface area (Å²) in [6.45, 7) is 8.36. The summed E-state index contributed by atoms with van der Waals surface area (Å²) in [5.41, 5.74) is 0.846. The fourth-order valence-corrected chi connectivity index (χ4v) is 5.95. The molecule has 3 heterocycles. The Labute approximate surface area is 183 Å². The Kier molecular flexibility index (Phi) is 6.06. The average Bonchev–Trinajstić information content (AvgIpc) is 3.18. The molecule has 2 aliphatic heterocycles. The molecule has 166 valence electrons. The minimum atomic E-state index is -3.52. The predicted molar refractivity (Wildman–Crippen MR) is 116 cm³/mol. The molecule has 0 radical (unpaired) electrons. The molecular formula is C22H28N4O4S. The number of rotatable bonds is 4. The lowest BCUT2D eigenvalue weighted by molar-refractivity contribution is -0.00638.